The topological polar surface area (TPSA) is 90.5 Å². The van der Waals surface area contributed by atoms with Gasteiger partial charge in [-0.3, -0.25) is 9.36 Å². The highest BCUT2D eigenvalue weighted by Gasteiger charge is 2.36. The number of ether oxygens (including phenoxy) is 1. The summed E-state index contributed by atoms with van der Waals surface area (Å²) in [6, 6.07) is 1.94. The standard InChI is InChI=1S/C20H19ClF4N2O5/c1-26-15(20(23,24)25)9-16(28)27(18(26)29)14-7-11(12(21)8-13(14)22)17(32-19(30)31)10-5-3-2-4-6-10/h7-10,17H,2-6H2,1H3,(H,30,31). The van der Waals surface area contributed by atoms with Gasteiger partial charge in [0.1, 0.15) is 17.6 Å². The number of aromatic nitrogens is 2. The molecule has 1 unspecified atom stereocenters. The predicted octanol–water partition coefficient (Wildman–Crippen LogP) is 4.66. The molecule has 1 aliphatic carbocycles. The third-order valence-electron chi connectivity index (χ3n) is 5.53. The van der Waals surface area contributed by atoms with Gasteiger partial charge in [-0.25, -0.2) is 18.5 Å². The molecule has 32 heavy (non-hydrogen) atoms. The zero-order chi connectivity index (χ0) is 23.8. The summed E-state index contributed by atoms with van der Waals surface area (Å²) in [4.78, 5) is 36.2. The highest BCUT2D eigenvalue weighted by Crippen LogP contribution is 2.40. The lowest BCUT2D eigenvalue weighted by molar-refractivity contribution is -0.144. The second-order valence-electron chi connectivity index (χ2n) is 7.57. The van der Waals surface area contributed by atoms with Gasteiger partial charge in [0.2, 0.25) is 0 Å². The number of rotatable bonds is 4. The van der Waals surface area contributed by atoms with Gasteiger partial charge in [-0.2, -0.15) is 13.2 Å². The molecule has 1 saturated carbocycles. The quantitative estimate of drug-likeness (QED) is 0.509. The van der Waals surface area contributed by atoms with E-state index in [0.717, 1.165) is 38.4 Å². The van der Waals surface area contributed by atoms with Gasteiger partial charge in [0.15, 0.2) is 0 Å². The van der Waals surface area contributed by atoms with Crippen molar-refractivity contribution in [1.82, 2.24) is 9.13 Å². The first-order chi connectivity index (χ1) is 14.9. The van der Waals surface area contributed by atoms with Crippen LogP contribution in [0.5, 0.6) is 0 Å². The fourth-order valence-corrected chi connectivity index (χ4v) is 4.28. The van der Waals surface area contributed by atoms with Crippen LogP contribution in [0.2, 0.25) is 5.02 Å². The molecule has 12 heteroatoms. The minimum atomic E-state index is -4.97. The van der Waals surface area contributed by atoms with Crippen LogP contribution in [-0.2, 0) is 18.0 Å². The fourth-order valence-electron chi connectivity index (χ4n) is 4.02. The van der Waals surface area contributed by atoms with E-state index in [-0.39, 0.29) is 31.7 Å². The molecule has 3 rings (SSSR count). The van der Waals surface area contributed by atoms with Crippen LogP contribution in [0.1, 0.15) is 49.5 Å². The average Bonchev–Trinajstić information content (AvgIpc) is 2.70. The molecule has 174 valence electrons. The first-order valence-corrected chi connectivity index (χ1v) is 10.1. The SMILES string of the molecule is Cn1c(C(F)(F)F)cc(=O)n(-c2cc(C(OC(=O)O)C3CCCCC3)c(Cl)cc2F)c1=O. The average molecular weight is 479 g/mol. The summed E-state index contributed by atoms with van der Waals surface area (Å²) in [7, 11) is 0.800. The molecule has 0 radical (unpaired) electrons. The molecular formula is C20H19ClF4N2O5. The summed E-state index contributed by atoms with van der Waals surface area (Å²) >= 11 is 6.15. The number of hydrogen-bond donors (Lipinski definition) is 1. The second-order valence-corrected chi connectivity index (χ2v) is 7.98. The zero-order valence-electron chi connectivity index (χ0n) is 16.8. The lowest BCUT2D eigenvalue weighted by Crippen LogP contribution is -2.41. The Morgan fingerprint density at radius 1 is 1.19 bits per heavy atom. The Balaban J connectivity index is 2.21. The van der Waals surface area contributed by atoms with Crippen molar-refractivity contribution < 1.29 is 32.2 Å². The van der Waals surface area contributed by atoms with Gasteiger partial charge in [0.05, 0.1) is 10.7 Å². The maximum absolute atomic E-state index is 14.7. The highest BCUT2D eigenvalue weighted by atomic mass is 35.5. The maximum Gasteiger partial charge on any atom is 0.506 e. The molecule has 0 aliphatic heterocycles. The van der Waals surface area contributed by atoms with E-state index in [0.29, 0.717) is 12.8 Å². The Kier molecular flexibility index (Phi) is 6.68. The zero-order valence-corrected chi connectivity index (χ0v) is 17.5. The van der Waals surface area contributed by atoms with Gasteiger partial charge in [-0.1, -0.05) is 30.9 Å². The van der Waals surface area contributed by atoms with E-state index in [4.69, 9.17) is 16.3 Å². The van der Waals surface area contributed by atoms with Crippen molar-refractivity contribution in [3.8, 4) is 5.69 Å². The molecule has 1 aliphatic rings. The molecule has 1 fully saturated rings. The van der Waals surface area contributed by atoms with Crippen LogP contribution in [0.3, 0.4) is 0 Å². The monoisotopic (exact) mass is 478 g/mol. The number of benzene rings is 1. The van der Waals surface area contributed by atoms with Crippen molar-refractivity contribution in [3.63, 3.8) is 0 Å². The molecule has 7 nitrogen and oxygen atoms in total. The van der Waals surface area contributed by atoms with E-state index >= 15 is 0 Å². The summed E-state index contributed by atoms with van der Waals surface area (Å²) in [5.74, 6) is -1.42. The Morgan fingerprint density at radius 3 is 2.38 bits per heavy atom. The van der Waals surface area contributed by atoms with E-state index in [1.165, 1.54) is 0 Å². The molecule has 2 aromatic rings. The Hall–Kier alpha value is -2.82. The molecule has 1 N–H and O–H groups in total. The first kappa shape index (κ1) is 23.8. The highest BCUT2D eigenvalue weighted by molar-refractivity contribution is 6.31. The van der Waals surface area contributed by atoms with Crippen molar-refractivity contribution >= 4 is 17.8 Å². The van der Waals surface area contributed by atoms with Gasteiger partial charge >= 0.3 is 18.0 Å². The van der Waals surface area contributed by atoms with Crippen LogP contribution >= 0.6 is 11.6 Å². The Morgan fingerprint density at radius 2 is 1.81 bits per heavy atom. The van der Waals surface area contributed by atoms with E-state index in [1.54, 1.807) is 0 Å². The number of carbonyl (C=O) groups is 1. The third-order valence-corrected chi connectivity index (χ3v) is 5.86. The second kappa shape index (κ2) is 8.97. The maximum atomic E-state index is 14.7. The van der Waals surface area contributed by atoms with Crippen LogP contribution in [0.15, 0.2) is 27.8 Å². The van der Waals surface area contributed by atoms with Crippen LogP contribution in [0.4, 0.5) is 22.4 Å². The third kappa shape index (κ3) is 4.67. The van der Waals surface area contributed by atoms with E-state index < -0.39 is 46.9 Å². The van der Waals surface area contributed by atoms with Crippen LogP contribution in [0, 0.1) is 11.7 Å². The molecule has 0 bridgehead atoms. The van der Waals surface area contributed by atoms with Crippen molar-refractivity contribution in [1.29, 1.82) is 0 Å². The van der Waals surface area contributed by atoms with Gasteiger partial charge in [0, 0.05) is 24.6 Å². The minimum absolute atomic E-state index is 0.0196. The number of alkyl halides is 3. The summed E-state index contributed by atoms with van der Waals surface area (Å²) < 4.78 is 59.5. The number of hydrogen-bond acceptors (Lipinski definition) is 4. The molecule has 0 saturated heterocycles. The van der Waals surface area contributed by atoms with Gasteiger partial charge < -0.3 is 9.84 Å². The molecule has 1 heterocycles. The largest absolute Gasteiger partial charge is 0.506 e. The first-order valence-electron chi connectivity index (χ1n) is 9.71. The Bertz CT molecular complexity index is 1150. The number of halogens is 5. The molecule has 0 spiro atoms. The summed E-state index contributed by atoms with van der Waals surface area (Å²) in [6.07, 6.45) is -3.86. The fraction of sp³-hybridized carbons (Fsp3) is 0.450. The lowest BCUT2D eigenvalue weighted by Gasteiger charge is -2.30. The van der Waals surface area contributed by atoms with E-state index in [1.807, 2.05) is 0 Å². The van der Waals surface area contributed by atoms with E-state index in [9.17, 15) is 37.1 Å². The molecule has 1 atom stereocenters. The number of nitrogens with zero attached hydrogens (tertiary/aromatic N) is 2. The van der Waals surface area contributed by atoms with Crippen LogP contribution in [0.25, 0.3) is 5.69 Å². The summed E-state index contributed by atoms with van der Waals surface area (Å²) in [5, 5.41) is 8.99. The van der Waals surface area contributed by atoms with Gasteiger partial charge in [0.25, 0.3) is 5.56 Å². The molecule has 1 aromatic heterocycles. The van der Waals surface area contributed by atoms with Gasteiger partial charge in [-0.15, -0.1) is 0 Å². The summed E-state index contributed by atoms with van der Waals surface area (Å²) in [6.45, 7) is 0. The van der Waals surface area contributed by atoms with Crippen molar-refractivity contribution in [2.24, 2.45) is 13.0 Å². The normalized spacial score (nSPS) is 16.1. The molecule has 0 amide bonds. The van der Waals surface area contributed by atoms with Crippen LogP contribution in [-0.4, -0.2) is 20.4 Å². The van der Waals surface area contributed by atoms with Crippen molar-refractivity contribution in [2.75, 3.05) is 0 Å². The van der Waals surface area contributed by atoms with E-state index in [2.05, 4.69) is 0 Å². The Labute approximate surface area is 183 Å². The number of carboxylic acid groups (broad SMARTS) is 1. The van der Waals surface area contributed by atoms with Crippen molar-refractivity contribution in [2.45, 2.75) is 44.4 Å². The van der Waals surface area contributed by atoms with Gasteiger partial charge in [-0.05, 0) is 25.0 Å². The smallest absolute Gasteiger partial charge is 0.450 e. The predicted molar refractivity (Wildman–Crippen MR) is 106 cm³/mol. The minimum Gasteiger partial charge on any atom is -0.450 e. The van der Waals surface area contributed by atoms with Crippen molar-refractivity contribution in [3.05, 3.63) is 61.1 Å². The lowest BCUT2D eigenvalue weighted by atomic mass is 9.82. The molecule has 1 aromatic carbocycles. The molecular weight excluding hydrogens is 460 g/mol. The summed E-state index contributed by atoms with van der Waals surface area (Å²) in [5.41, 5.74) is -4.95. The van der Waals surface area contributed by atoms with Crippen LogP contribution < -0.4 is 11.2 Å².